The van der Waals surface area contributed by atoms with Crippen LogP contribution in [0.15, 0.2) is 42.5 Å². The predicted molar refractivity (Wildman–Crippen MR) is 88.6 cm³/mol. The van der Waals surface area contributed by atoms with Crippen molar-refractivity contribution in [1.29, 1.82) is 0 Å². The minimum Gasteiger partial charge on any atom is -0.398 e. The summed E-state index contributed by atoms with van der Waals surface area (Å²) < 4.78 is 13.1. The second kappa shape index (κ2) is 6.35. The van der Waals surface area contributed by atoms with Gasteiger partial charge in [0.1, 0.15) is 5.82 Å². The summed E-state index contributed by atoms with van der Waals surface area (Å²) in [5.41, 5.74) is 10.5. The molecule has 1 unspecified atom stereocenters. The number of halogens is 2. The zero-order valence-corrected chi connectivity index (χ0v) is 12.9. The Labute approximate surface area is 131 Å². The largest absolute Gasteiger partial charge is 0.398 e. The van der Waals surface area contributed by atoms with Gasteiger partial charge in [0.15, 0.2) is 0 Å². The second-order valence-electron chi connectivity index (χ2n) is 5.37. The van der Waals surface area contributed by atoms with Gasteiger partial charge in [-0.1, -0.05) is 18.2 Å². The molecule has 0 radical (unpaired) electrons. The Morgan fingerprint density at radius 1 is 1.14 bits per heavy atom. The molecule has 0 fully saturated rings. The highest BCUT2D eigenvalue weighted by Crippen LogP contribution is 2.36. The van der Waals surface area contributed by atoms with Gasteiger partial charge < -0.3 is 10.6 Å². The molecule has 21 heavy (non-hydrogen) atoms. The van der Waals surface area contributed by atoms with Gasteiger partial charge in [0, 0.05) is 17.9 Å². The molecule has 0 aromatic heterocycles. The molecular formula is C17H20ClFN2. The lowest BCUT2D eigenvalue weighted by Crippen LogP contribution is -2.32. The van der Waals surface area contributed by atoms with Gasteiger partial charge in [-0.05, 0) is 55.2 Å². The topological polar surface area (TPSA) is 29.3 Å². The monoisotopic (exact) mass is 306 g/mol. The Bertz CT molecular complexity index is 613. The van der Waals surface area contributed by atoms with E-state index in [0.717, 1.165) is 30.6 Å². The molecule has 0 saturated heterocycles. The zero-order chi connectivity index (χ0) is 14.1. The first-order chi connectivity index (χ1) is 9.66. The standard InChI is InChI=1S/C17H19FN2.ClH/c1-12(13-7-9-14(18)10-8-13)20-11-3-4-15-16(19)5-2-6-17(15)20;/h2,5-10,12H,3-4,11,19H2,1H3;1H. The van der Waals surface area contributed by atoms with Crippen LogP contribution in [0.2, 0.25) is 0 Å². The summed E-state index contributed by atoms with van der Waals surface area (Å²) in [7, 11) is 0. The van der Waals surface area contributed by atoms with Gasteiger partial charge in [-0.3, -0.25) is 0 Å². The summed E-state index contributed by atoms with van der Waals surface area (Å²) in [5, 5.41) is 0. The van der Waals surface area contributed by atoms with Crippen LogP contribution < -0.4 is 10.6 Å². The molecule has 1 aliphatic rings. The number of nitrogens with zero attached hydrogens (tertiary/aromatic N) is 1. The van der Waals surface area contributed by atoms with Gasteiger partial charge in [0.25, 0.3) is 0 Å². The molecule has 2 nitrogen and oxygen atoms in total. The first-order valence-corrected chi connectivity index (χ1v) is 7.06. The molecule has 0 spiro atoms. The molecule has 2 N–H and O–H groups in total. The van der Waals surface area contributed by atoms with Crippen LogP contribution in [0.3, 0.4) is 0 Å². The third kappa shape index (κ3) is 2.98. The summed E-state index contributed by atoms with van der Waals surface area (Å²) in [6, 6.07) is 13.1. The normalized spacial score (nSPS) is 15.0. The van der Waals surface area contributed by atoms with Crippen LogP contribution in [0.4, 0.5) is 15.8 Å². The third-order valence-corrected chi connectivity index (χ3v) is 4.14. The molecule has 112 valence electrons. The number of benzene rings is 2. The van der Waals surface area contributed by atoms with Gasteiger partial charge in [-0.15, -0.1) is 12.4 Å². The highest BCUT2D eigenvalue weighted by atomic mass is 35.5. The van der Waals surface area contributed by atoms with Crippen molar-refractivity contribution in [2.24, 2.45) is 0 Å². The number of anilines is 2. The predicted octanol–water partition coefficient (Wildman–Crippen LogP) is 4.34. The molecule has 0 amide bonds. The minimum absolute atomic E-state index is 0. The molecule has 0 saturated carbocycles. The maximum absolute atomic E-state index is 13.1. The Balaban J connectivity index is 0.00000161. The summed E-state index contributed by atoms with van der Waals surface area (Å²) in [6.07, 6.45) is 2.14. The fraction of sp³-hybridized carbons (Fsp3) is 0.294. The highest BCUT2D eigenvalue weighted by molar-refractivity contribution is 5.85. The lowest BCUT2D eigenvalue weighted by molar-refractivity contribution is 0.608. The van der Waals surface area contributed by atoms with Crippen LogP contribution in [0.5, 0.6) is 0 Å². The molecule has 1 aliphatic heterocycles. The summed E-state index contributed by atoms with van der Waals surface area (Å²) in [5.74, 6) is -0.191. The second-order valence-corrected chi connectivity index (χ2v) is 5.37. The van der Waals surface area contributed by atoms with E-state index >= 15 is 0 Å². The van der Waals surface area contributed by atoms with Crippen molar-refractivity contribution in [2.75, 3.05) is 17.2 Å². The lowest BCUT2D eigenvalue weighted by Gasteiger charge is -2.37. The van der Waals surface area contributed by atoms with Crippen molar-refractivity contribution in [1.82, 2.24) is 0 Å². The van der Waals surface area contributed by atoms with Gasteiger partial charge in [0.2, 0.25) is 0 Å². The number of nitrogen functional groups attached to an aromatic ring is 1. The quantitative estimate of drug-likeness (QED) is 0.836. The number of hydrogen-bond acceptors (Lipinski definition) is 2. The van der Waals surface area contributed by atoms with Gasteiger partial charge in [-0.2, -0.15) is 0 Å². The Kier molecular flexibility index (Phi) is 4.73. The van der Waals surface area contributed by atoms with Crippen molar-refractivity contribution in [3.05, 3.63) is 59.4 Å². The lowest BCUT2D eigenvalue weighted by atomic mass is 9.96. The summed E-state index contributed by atoms with van der Waals surface area (Å²) >= 11 is 0. The average Bonchev–Trinajstić information content (AvgIpc) is 2.47. The first-order valence-electron chi connectivity index (χ1n) is 7.06. The van der Waals surface area contributed by atoms with Crippen molar-refractivity contribution in [3.63, 3.8) is 0 Å². The van der Waals surface area contributed by atoms with Crippen molar-refractivity contribution in [2.45, 2.75) is 25.8 Å². The smallest absolute Gasteiger partial charge is 0.123 e. The van der Waals surface area contributed by atoms with E-state index in [1.54, 1.807) is 0 Å². The fourth-order valence-corrected chi connectivity index (χ4v) is 3.00. The first kappa shape index (κ1) is 15.6. The zero-order valence-electron chi connectivity index (χ0n) is 12.1. The number of nitrogens with two attached hydrogens (primary N) is 1. The van der Waals surface area contributed by atoms with Crippen LogP contribution in [0.25, 0.3) is 0 Å². The average molecular weight is 307 g/mol. The molecular weight excluding hydrogens is 287 g/mol. The third-order valence-electron chi connectivity index (χ3n) is 4.14. The van der Waals surface area contributed by atoms with Crippen molar-refractivity contribution >= 4 is 23.8 Å². The van der Waals surface area contributed by atoms with E-state index in [1.165, 1.54) is 23.4 Å². The van der Waals surface area contributed by atoms with Crippen molar-refractivity contribution in [3.8, 4) is 0 Å². The van der Waals surface area contributed by atoms with E-state index in [4.69, 9.17) is 5.73 Å². The minimum atomic E-state index is -0.191. The van der Waals surface area contributed by atoms with E-state index in [2.05, 4.69) is 17.9 Å². The molecule has 4 heteroatoms. The molecule has 1 atom stereocenters. The van der Waals surface area contributed by atoms with Crippen LogP contribution in [-0.4, -0.2) is 6.54 Å². The number of rotatable bonds is 2. The molecule has 0 aliphatic carbocycles. The molecule has 3 rings (SSSR count). The Hall–Kier alpha value is -1.74. The molecule has 1 heterocycles. The van der Waals surface area contributed by atoms with E-state index in [1.807, 2.05) is 24.3 Å². The fourth-order valence-electron chi connectivity index (χ4n) is 3.00. The SMILES string of the molecule is CC(c1ccc(F)cc1)N1CCCc2c(N)cccc21.Cl. The van der Waals surface area contributed by atoms with E-state index in [-0.39, 0.29) is 24.3 Å². The van der Waals surface area contributed by atoms with Crippen LogP contribution in [-0.2, 0) is 6.42 Å². The van der Waals surface area contributed by atoms with Gasteiger partial charge >= 0.3 is 0 Å². The van der Waals surface area contributed by atoms with Crippen LogP contribution in [0, 0.1) is 5.82 Å². The number of fused-ring (bicyclic) bond motifs is 1. The molecule has 0 bridgehead atoms. The maximum atomic E-state index is 13.1. The van der Waals surface area contributed by atoms with Gasteiger partial charge in [0.05, 0.1) is 6.04 Å². The molecule has 2 aromatic rings. The Morgan fingerprint density at radius 3 is 2.57 bits per heavy atom. The molecule has 2 aromatic carbocycles. The summed E-state index contributed by atoms with van der Waals surface area (Å²) in [6.45, 7) is 3.17. The summed E-state index contributed by atoms with van der Waals surface area (Å²) in [4.78, 5) is 2.36. The van der Waals surface area contributed by atoms with Gasteiger partial charge in [-0.25, -0.2) is 4.39 Å². The Morgan fingerprint density at radius 2 is 1.86 bits per heavy atom. The maximum Gasteiger partial charge on any atom is 0.123 e. The highest BCUT2D eigenvalue weighted by Gasteiger charge is 2.23. The number of hydrogen-bond donors (Lipinski definition) is 1. The van der Waals surface area contributed by atoms with Crippen molar-refractivity contribution < 1.29 is 4.39 Å². The van der Waals surface area contributed by atoms with E-state index in [9.17, 15) is 4.39 Å². The van der Waals surface area contributed by atoms with E-state index < -0.39 is 0 Å². The van der Waals surface area contributed by atoms with Crippen LogP contribution in [0.1, 0.15) is 30.5 Å². The van der Waals surface area contributed by atoms with Crippen LogP contribution >= 0.6 is 12.4 Å². The van der Waals surface area contributed by atoms with E-state index in [0.29, 0.717) is 0 Å².